The Labute approximate surface area is 110 Å². The van der Waals surface area contributed by atoms with Gasteiger partial charge in [-0.15, -0.1) is 0 Å². The van der Waals surface area contributed by atoms with Crippen molar-refractivity contribution in [3.63, 3.8) is 0 Å². The lowest BCUT2D eigenvalue weighted by molar-refractivity contribution is 0.371. The Morgan fingerprint density at radius 1 is 1.33 bits per heavy atom. The zero-order chi connectivity index (χ0) is 13.1. The van der Waals surface area contributed by atoms with Crippen LogP contribution in [0, 0.1) is 18.8 Å². The SMILES string of the molecule is CNc1ncc(C)c(NC2CCCC2C(C)C)n1. The Hall–Kier alpha value is -1.32. The number of rotatable bonds is 4. The summed E-state index contributed by atoms with van der Waals surface area (Å²) < 4.78 is 0. The van der Waals surface area contributed by atoms with Crippen molar-refractivity contribution in [3.05, 3.63) is 11.8 Å². The van der Waals surface area contributed by atoms with Gasteiger partial charge in [-0.2, -0.15) is 4.98 Å². The normalized spacial score (nSPS) is 23.4. The summed E-state index contributed by atoms with van der Waals surface area (Å²) in [5.74, 6) is 3.16. The molecule has 1 saturated carbocycles. The second-order valence-corrected chi connectivity index (χ2v) is 5.56. The molecule has 0 spiro atoms. The molecule has 0 bridgehead atoms. The maximum absolute atomic E-state index is 4.51. The van der Waals surface area contributed by atoms with Gasteiger partial charge in [0.2, 0.25) is 5.95 Å². The van der Waals surface area contributed by atoms with E-state index in [-0.39, 0.29) is 0 Å². The van der Waals surface area contributed by atoms with Crippen LogP contribution in [0.2, 0.25) is 0 Å². The van der Waals surface area contributed by atoms with Crippen molar-refractivity contribution in [2.45, 2.75) is 46.1 Å². The molecular formula is C14H24N4. The van der Waals surface area contributed by atoms with Crippen LogP contribution in [0.25, 0.3) is 0 Å². The van der Waals surface area contributed by atoms with Gasteiger partial charge in [0.1, 0.15) is 5.82 Å². The summed E-state index contributed by atoms with van der Waals surface area (Å²) in [6.45, 7) is 6.69. The molecule has 1 fully saturated rings. The van der Waals surface area contributed by atoms with E-state index in [2.05, 4.69) is 41.4 Å². The first-order valence-electron chi connectivity index (χ1n) is 6.89. The monoisotopic (exact) mass is 248 g/mol. The molecule has 4 heteroatoms. The van der Waals surface area contributed by atoms with Crippen LogP contribution in [-0.4, -0.2) is 23.1 Å². The standard InChI is InChI=1S/C14H24N4/c1-9(2)11-6-5-7-12(11)17-13-10(3)8-16-14(15-4)18-13/h8-9,11-12H,5-7H2,1-4H3,(H2,15,16,17,18). The van der Waals surface area contributed by atoms with E-state index in [1.165, 1.54) is 19.3 Å². The van der Waals surface area contributed by atoms with Crippen LogP contribution in [0.3, 0.4) is 0 Å². The molecule has 1 aliphatic carbocycles. The van der Waals surface area contributed by atoms with Crippen molar-refractivity contribution in [3.8, 4) is 0 Å². The van der Waals surface area contributed by atoms with Crippen molar-refractivity contribution in [2.75, 3.05) is 17.7 Å². The van der Waals surface area contributed by atoms with Gasteiger partial charge in [0.05, 0.1) is 0 Å². The quantitative estimate of drug-likeness (QED) is 0.860. The van der Waals surface area contributed by atoms with Crippen molar-refractivity contribution in [2.24, 2.45) is 11.8 Å². The highest BCUT2D eigenvalue weighted by molar-refractivity contribution is 5.47. The summed E-state index contributed by atoms with van der Waals surface area (Å²) in [6, 6.07) is 0.559. The predicted octanol–water partition coefficient (Wildman–Crippen LogP) is 3.06. The molecule has 2 N–H and O–H groups in total. The van der Waals surface area contributed by atoms with Crippen LogP contribution in [0.4, 0.5) is 11.8 Å². The van der Waals surface area contributed by atoms with E-state index in [1.54, 1.807) is 0 Å². The van der Waals surface area contributed by atoms with E-state index >= 15 is 0 Å². The van der Waals surface area contributed by atoms with Gasteiger partial charge in [0, 0.05) is 24.8 Å². The number of anilines is 2. The number of hydrogen-bond acceptors (Lipinski definition) is 4. The van der Waals surface area contributed by atoms with Gasteiger partial charge in [-0.3, -0.25) is 0 Å². The fourth-order valence-corrected chi connectivity index (χ4v) is 2.85. The second kappa shape index (κ2) is 5.55. The summed E-state index contributed by atoms with van der Waals surface area (Å²) in [5.41, 5.74) is 1.11. The van der Waals surface area contributed by atoms with Crippen LogP contribution in [0.15, 0.2) is 6.20 Å². The molecule has 100 valence electrons. The lowest BCUT2D eigenvalue weighted by Crippen LogP contribution is -2.28. The molecule has 4 nitrogen and oxygen atoms in total. The summed E-state index contributed by atoms with van der Waals surface area (Å²) >= 11 is 0. The van der Waals surface area contributed by atoms with Crippen molar-refractivity contribution >= 4 is 11.8 Å². The first-order chi connectivity index (χ1) is 8.61. The van der Waals surface area contributed by atoms with Crippen LogP contribution < -0.4 is 10.6 Å². The zero-order valence-electron chi connectivity index (χ0n) is 11.8. The molecule has 1 aromatic rings. The Morgan fingerprint density at radius 2 is 2.11 bits per heavy atom. The maximum Gasteiger partial charge on any atom is 0.224 e. The molecule has 1 aromatic heterocycles. The predicted molar refractivity (Wildman–Crippen MR) is 75.9 cm³/mol. The molecular weight excluding hydrogens is 224 g/mol. The largest absolute Gasteiger partial charge is 0.367 e. The molecule has 0 aliphatic heterocycles. The Morgan fingerprint density at radius 3 is 2.78 bits per heavy atom. The Balaban J connectivity index is 2.13. The third-order valence-corrected chi connectivity index (χ3v) is 3.94. The molecule has 18 heavy (non-hydrogen) atoms. The second-order valence-electron chi connectivity index (χ2n) is 5.56. The molecule has 2 rings (SSSR count). The number of aromatic nitrogens is 2. The zero-order valence-corrected chi connectivity index (χ0v) is 11.8. The Kier molecular flexibility index (Phi) is 4.04. The van der Waals surface area contributed by atoms with Gasteiger partial charge in [0.15, 0.2) is 0 Å². The minimum Gasteiger partial charge on any atom is -0.367 e. The summed E-state index contributed by atoms with van der Waals surface area (Å²) in [6.07, 6.45) is 5.78. The molecule has 2 atom stereocenters. The third-order valence-electron chi connectivity index (χ3n) is 3.94. The first kappa shape index (κ1) is 13.1. The Bertz CT molecular complexity index is 403. The first-order valence-corrected chi connectivity index (χ1v) is 6.89. The van der Waals surface area contributed by atoms with E-state index in [0.717, 1.165) is 23.2 Å². The van der Waals surface area contributed by atoms with Gasteiger partial charge in [-0.1, -0.05) is 20.3 Å². The lowest BCUT2D eigenvalue weighted by Gasteiger charge is -2.25. The molecule has 0 radical (unpaired) electrons. The third kappa shape index (κ3) is 2.74. The van der Waals surface area contributed by atoms with Crippen molar-refractivity contribution < 1.29 is 0 Å². The molecule has 1 heterocycles. The molecule has 0 aromatic carbocycles. The molecule has 0 saturated heterocycles. The minimum absolute atomic E-state index is 0.559. The van der Waals surface area contributed by atoms with E-state index in [1.807, 2.05) is 13.2 Å². The average molecular weight is 248 g/mol. The van der Waals surface area contributed by atoms with Crippen LogP contribution in [-0.2, 0) is 0 Å². The highest BCUT2D eigenvalue weighted by atomic mass is 15.1. The summed E-state index contributed by atoms with van der Waals surface area (Å²) in [7, 11) is 1.85. The maximum atomic E-state index is 4.51. The van der Waals surface area contributed by atoms with Crippen LogP contribution in [0.1, 0.15) is 38.7 Å². The topological polar surface area (TPSA) is 49.8 Å². The fraction of sp³-hybridized carbons (Fsp3) is 0.714. The van der Waals surface area contributed by atoms with Gasteiger partial charge >= 0.3 is 0 Å². The number of aryl methyl sites for hydroxylation is 1. The van der Waals surface area contributed by atoms with E-state index < -0.39 is 0 Å². The van der Waals surface area contributed by atoms with Crippen molar-refractivity contribution in [1.29, 1.82) is 0 Å². The highest BCUT2D eigenvalue weighted by Gasteiger charge is 2.29. The van der Waals surface area contributed by atoms with E-state index in [4.69, 9.17) is 0 Å². The molecule has 1 aliphatic rings. The van der Waals surface area contributed by atoms with Crippen molar-refractivity contribution in [1.82, 2.24) is 9.97 Å². The van der Waals surface area contributed by atoms with Gasteiger partial charge in [-0.25, -0.2) is 4.98 Å². The van der Waals surface area contributed by atoms with Gasteiger partial charge < -0.3 is 10.6 Å². The summed E-state index contributed by atoms with van der Waals surface area (Å²) in [5, 5.41) is 6.62. The smallest absolute Gasteiger partial charge is 0.224 e. The number of nitrogens with one attached hydrogen (secondary N) is 2. The average Bonchev–Trinajstić information content (AvgIpc) is 2.80. The van der Waals surface area contributed by atoms with Crippen LogP contribution in [0.5, 0.6) is 0 Å². The van der Waals surface area contributed by atoms with Crippen LogP contribution >= 0.6 is 0 Å². The molecule has 2 unspecified atom stereocenters. The minimum atomic E-state index is 0.559. The van der Waals surface area contributed by atoms with Gasteiger partial charge in [0.25, 0.3) is 0 Å². The van der Waals surface area contributed by atoms with E-state index in [0.29, 0.717) is 12.0 Å². The summed E-state index contributed by atoms with van der Waals surface area (Å²) in [4.78, 5) is 8.74. The fourth-order valence-electron chi connectivity index (χ4n) is 2.85. The molecule has 0 amide bonds. The van der Waals surface area contributed by atoms with E-state index in [9.17, 15) is 0 Å². The number of nitrogens with zero attached hydrogens (tertiary/aromatic N) is 2. The number of hydrogen-bond donors (Lipinski definition) is 2. The van der Waals surface area contributed by atoms with Gasteiger partial charge in [-0.05, 0) is 31.6 Å². The highest BCUT2D eigenvalue weighted by Crippen LogP contribution is 2.33. The lowest BCUT2D eigenvalue weighted by atomic mass is 9.91.